The summed E-state index contributed by atoms with van der Waals surface area (Å²) in [5.74, 6) is 2.66. The number of ether oxygens (including phenoxy) is 2. The molecule has 8 heteroatoms. The lowest BCUT2D eigenvalue weighted by Gasteiger charge is -2.32. The summed E-state index contributed by atoms with van der Waals surface area (Å²) < 4.78 is 13.8. The first-order chi connectivity index (χ1) is 18.1. The maximum Gasteiger partial charge on any atom is 0.254 e. The summed E-state index contributed by atoms with van der Waals surface area (Å²) in [7, 11) is 0. The molecule has 4 heterocycles. The Kier molecular flexibility index (Phi) is 6.24. The maximum absolute atomic E-state index is 13.9. The second kappa shape index (κ2) is 9.84. The number of aromatic nitrogens is 4. The van der Waals surface area contributed by atoms with Gasteiger partial charge in [0.05, 0.1) is 23.3 Å². The molecule has 0 unspecified atom stereocenters. The Labute approximate surface area is 216 Å². The molecule has 6 rings (SSSR count). The van der Waals surface area contributed by atoms with Crippen LogP contribution < -0.4 is 9.47 Å². The van der Waals surface area contributed by atoms with Crippen LogP contribution in [-0.2, 0) is 0 Å². The highest BCUT2D eigenvalue weighted by Gasteiger charge is 2.32. The number of amides is 1. The van der Waals surface area contributed by atoms with Gasteiger partial charge in [-0.25, -0.2) is 9.97 Å². The third-order valence-electron chi connectivity index (χ3n) is 7.10. The number of likely N-dealkylation sites (tertiary alicyclic amines) is 1. The molecular weight excluding hydrogens is 466 g/mol. The molecule has 1 amide bonds. The molecule has 0 atom stereocenters. The molecule has 190 valence electrons. The van der Waals surface area contributed by atoms with Gasteiger partial charge >= 0.3 is 0 Å². The predicted molar refractivity (Wildman–Crippen MR) is 141 cm³/mol. The number of piperidine rings is 1. The number of rotatable bonds is 7. The summed E-state index contributed by atoms with van der Waals surface area (Å²) in [6.45, 7) is 5.76. The number of para-hydroxylation sites is 2. The van der Waals surface area contributed by atoms with Crippen LogP contribution in [0.3, 0.4) is 0 Å². The Morgan fingerprint density at radius 3 is 2.49 bits per heavy atom. The van der Waals surface area contributed by atoms with Crippen LogP contribution in [0.5, 0.6) is 11.5 Å². The minimum Gasteiger partial charge on any atom is -0.490 e. The number of hydrogen-bond donors (Lipinski definition) is 0. The molecule has 37 heavy (non-hydrogen) atoms. The quantitative estimate of drug-likeness (QED) is 0.354. The lowest BCUT2D eigenvalue weighted by Crippen LogP contribution is -2.42. The number of hydrogen-bond acceptors (Lipinski definition) is 6. The van der Waals surface area contributed by atoms with Crippen molar-refractivity contribution in [2.75, 3.05) is 19.7 Å². The minimum atomic E-state index is 0.0335. The minimum absolute atomic E-state index is 0.0335. The first kappa shape index (κ1) is 23.5. The standard InChI is InChI=1S/C29H31N5O3/c1-3-36-24-8-4-5-9-25(24)37-21-13-16-33(17-14-21)29(35)22-18-23(20-11-12-20)31-28-27(22)19(2)32-34(28)26-10-6-7-15-30-26/h4-10,15,18,20-21H,3,11-14,16-17H2,1-2H3. The first-order valence-corrected chi connectivity index (χ1v) is 13.1. The van der Waals surface area contributed by atoms with E-state index in [0.29, 0.717) is 42.6 Å². The number of carbonyl (C=O) groups excluding carboxylic acids is 1. The van der Waals surface area contributed by atoms with E-state index < -0.39 is 0 Å². The van der Waals surface area contributed by atoms with Crippen molar-refractivity contribution in [1.29, 1.82) is 0 Å². The van der Waals surface area contributed by atoms with Gasteiger partial charge in [0.25, 0.3) is 5.91 Å². The average Bonchev–Trinajstić information content (AvgIpc) is 3.73. The fourth-order valence-corrected chi connectivity index (χ4v) is 5.05. The third-order valence-corrected chi connectivity index (χ3v) is 7.10. The van der Waals surface area contributed by atoms with Gasteiger partial charge in [-0.05, 0) is 57.0 Å². The third kappa shape index (κ3) is 4.63. The second-order valence-electron chi connectivity index (χ2n) is 9.74. The summed E-state index contributed by atoms with van der Waals surface area (Å²) in [4.78, 5) is 25.3. The molecule has 1 aliphatic heterocycles. The van der Waals surface area contributed by atoms with Crippen LogP contribution in [0, 0.1) is 6.92 Å². The van der Waals surface area contributed by atoms with E-state index in [4.69, 9.17) is 19.6 Å². The van der Waals surface area contributed by atoms with Crippen LogP contribution in [0.2, 0.25) is 0 Å². The molecule has 2 aliphatic rings. The van der Waals surface area contributed by atoms with Crippen molar-refractivity contribution in [2.24, 2.45) is 0 Å². The first-order valence-electron chi connectivity index (χ1n) is 13.1. The van der Waals surface area contributed by atoms with Crippen LogP contribution in [-0.4, -0.2) is 56.4 Å². The van der Waals surface area contributed by atoms with E-state index >= 15 is 0 Å². The van der Waals surface area contributed by atoms with Crippen molar-refractivity contribution in [2.45, 2.75) is 51.6 Å². The average molecular weight is 498 g/mol. The Morgan fingerprint density at radius 2 is 1.78 bits per heavy atom. The van der Waals surface area contributed by atoms with Crippen molar-refractivity contribution in [1.82, 2.24) is 24.6 Å². The number of benzene rings is 1. The van der Waals surface area contributed by atoms with Gasteiger partial charge in [0.1, 0.15) is 6.10 Å². The zero-order valence-corrected chi connectivity index (χ0v) is 21.3. The zero-order valence-electron chi connectivity index (χ0n) is 21.3. The normalized spacial score (nSPS) is 16.2. The molecule has 2 fully saturated rings. The Bertz CT molecular complexity index is 1420. The van der Waals surface area contributed by atoms with E-state index in [-0.39, 0.29) is 12.0 Å². The fourth-order valence-electron chi connectivity index (χ4n) is 5.05. The van der Waals surface area contributed by atoms with Gasteiger partial charge in [-0.1, -0.05) is 18.2 Å². The molecule has 0 spiro atoms. The van der Waals surface area contributed by atoms with Crippen LogP contribution in [0.15, 0.2) is 54.7 Å². The smallest absolute Gasteiger partial charge is 0.254 e. The van der Waals surface area contributed by atoms with E-state index in [1.54, 1.807) is 10.9 Å². The van der Waals surface area contributed by atoms with Gasteiger partial charge < -0.3 is 14.4 Å². The van der Waals surface area contributed by atoms with Crippen molar-refractivity contribution in [3.63, 3.8) is 0 Å². The van der Waals surface area contributed by atoms with Gasteiger partial charge in [0.15, 0.2) is 23.0 Å². The molecule has 1 aromatic carbocycles. The summed E-state index contributed by atoms with van der Waals surface area (Å²) in [5, 5.41) is 5.55. The van der Waals surface area contributed by atoms with Gasteiger partial charge in [-0.15, -0.1) is 0 Å². The summed E-state index contributed by atoms with van der Waals surface area (Å²) >= 11 is 0. The Balaban J connectivity index is 1.26. The molecule has 3 aromatic heterocycles. The molecule has 0 bridgehead atoms. The number of pyridine rings is 2. The van der Waals surface area contributed by atoms with Crippen molar-refractivity contribution in [3.05, 3.63) is 71.7 Å². The molecule has 1 aliphatic carbocycles. The number of aryl methyl sites for hydroxylation is 1. The van der Waals surface area contributed by atoms with Gasteiger partial charge in [-0.2, -0.15) is 9.78 Å². The van der Waals surface area contributed by atoms with Crippen LogP contribution in [0.4, 0.5) is 0 Å². The highest BCUT2D eigenvalue weighted by atomic mass is 16.5. The zero-order chi connectivity index (χ0) is 25.4. The predicted octanol–water partition coefficient (Wildman–Crippen LogP) is 5.08. The fraction of sp³-hybridized carbons (Fsp3) is 0.379. The monoisotopic (exact) mass is 497 g/mol. The van der Waals surface area contributed by atoms with Gasteiger partial charge in [-0.3, -0.25) is 4.79 Å². The van der Waals surface area contributed by atoms with Crippen LogP contribution >= 0.6 is 0 Å². The van der Waals surface area contributed by atoms with Crippen molar-refractivity contribution >= 4 is 16.9 Å². The largest absolute Gasteiger partial charge is 0.490 e. The van der Waals surface area contributed by atoms with Crippen molar-refractivity contribution in [3.8, 4) is 17.3 Å². The van der Waals surface area contributed by atoms with Crippen molar-refractivity contribution < 1.29 is 14.3 Å². The van der Waals surface area contributed by atoms with Gasteiger partial charge in [0.2, 0.25) is 0 Å². The topological polar surface area (TPSA) is 82.4 Å². The van der Waals surface area contributed by atoms with E-state index in [9.17, 15) is 4.79 Å². The lowest BCUT2D eigenvalue weighted by molar-refractivity contribution is 0.0591. The highest BCUT2D eigenvalue weighted by molar-refractivity contribution is 6.06. The molecule has 1 saturated carbocycles. The summed E-state index contributed by atoms with van der Waals surface area (Å²) in [6, 6.07) is 15.5. The molecule has 8 nitrogen and oxygen atoms in total. The Morgan fingerprint density at radius 1 is 1.03 bits per heavy atom. The SMILES string of the molecule is CCOc1ccccc1OC1CCN(C(=O)c2cc(C3CC3)nc3c2c(C)nn3-c2ccccn2)CC1. The van der Waals surface area contributed by atoms with Crippen LogP contribution in [0.25, 0.3) is 16.9 Å². The molecule has 0 radical (unpaired) electrons. The van der Waals surface area contributed by atoms with E-state index in [2.05, 4.69) is 4.98 Å². The lowest BCUT2D eigenvalue weighted by atomic mass is 10.0. The number of carbonyl (C=O) groups is 1. The number of nitrogens with zero attached hydrogens (tertiary/aromatic N) is 5. The van der Waals surface area contributed by atoms with E-state index in [1.165, 1.54) is 0 Å². The maximum atomic E-state index is 13.9. The molecule has 1 saturated heterocycles. The van der Waals surface area contributed by atoms with E-state index in [0.717, 1.165) is 54.0 Å². The Hall–Kier alpha value is -3.94. The number of fused-ring (bicyclic) bond motifs is 1. The summed E-state index contributed by atoms with van der Waals surface area (Å²) in [5.41, 5.74) is 3.14. The van der Waals surface area contributed by atoms with E-state index in [1.807, 2.05) is 67.3 Å². The van der Waals surface area contributed by atoms with Crippen LogP contribution in [0.1, 0.15) is 60.3 Å². The summed E-state index contributed by atoms with van der Waals surface area (Å²) in [6.07, 6.45) is 5.53. The molecular formula is C29H31N5O3. The van der Waals surface area contributed by atoms with Gasteiger partial charge in [0, 0.05) is 43.7 Å². The second-order valence-corrected chi connectivity index (χ2v) is 9.74. The highest BCUT2D eigenvalue weighted by Crippen LogP contribution is 2.41. The molecule has 4 aromatic rings. The molecule has 0 N–H and O–H groups in total.